The van der Waals surface area contributed by atoms with Gasteiger partial charge in [-0.2, -0.15) is 0 Å². The summed E-state index contributed by atoms with van der Waals surface area (Å²) < 4.78 is 1.91. The van der Waals surface area contributed by atoms with Crippen molar-refractivity contribution in [1.82, 2.24) is 10.2 Å². The van der Waals surface area contributed by atoms with Crippen LogP contribution in [0.4, 0.5) is 0 Å². The number of hydrogen-bond acceptors (Lipinski definition) is 6. The number of carbonyl (C=O) groups is 1. The fourth-order valence-electron chi connectivity index (χ4n) is 1.11. The van der Waals surface area contributed by atoms with Crippen LogP contribution in [-0.2, 0) is 4.79 Å². The Kier molecular flexibility index (Phi) is 7.15. The van der Waals surface area contributed by atoms with Crippen molar-refractivity contribution >= 4 is 40.6 Å². The number of carbonyl (C=O) groups excluding carboxylic acids is 1. The largest absolute Gasteiger partial charge is 0.298 e. The van der Waals surface area contributed by atoms with Gasteiger partial charge in [-0.25, -0.2) is 0 Å². The first-order valence-corrected chi connectivity index (χ1v) is 8.51. The van der Waals surface area contributed by atoms with E-state index in [2.05, 4.69) is 17.1 Å². The fraction of sp³-hybridized carbons (Fsp3) is 0.727. The lowest BCUT2D eigenvalue weighted by atomic mass is 10.2. The minimum atomic E-state index is -0.0126. The molecule has 0 bridgehead atoms. The molecular formula is C11H18N2OS3. The van der Waals surface area contributed by atoms with Gasteiger partial charge in [0, 0.05) is 12.2 Å². The molecule has 1 aromatic rings. The summed E-state index contributed by atoms with van der Waals surface area (Å²) in [4.78, 5) is 11.5. The molecule has 0 saturated carbocycles. The summed E-state index contributed by atoms with van der Waals surface area (Å²) in [5, 5.41) is 8.22. The summed E-state index contributed by atoms with van der Waals surface area (Å²) in [7, 11) is 0. The van der Waals surface area contributed by atoms with E-state index in [1.54, 1.807) is 23.1 Å². The van der Waals surface area contributed by atoms with E-state index in [0.717, 1.165) is 14.4 Å². The third kappa shape index (κ3) is 5.40. The maximum absolute atomic E-state index is 11.5. The Bertz CT molecular complexity index is 354. The first kappa shape index (κ1) is 15.0. The summed E-state index contributed by atoms with van der Waals surface area (Å²) in [5.74, 6) is 1.37. The van der Waals surface area contributed by atoms with Crippen LogP contribution < -0.4 is 0 Å². The van der Waals surface area contributed by atoms with E-state index in [-0.39, 0.29) is 11.0 Å². The molecule has 0 spiro atoms. The van der Waals surface area contributed by atoms with Crippen molar-refractivity contribution in [2.24, 2.45) is 0 Å². The maximum Gasteiger partial charge on any atom is 0.175 e. The van der Waals surface area contributed by atoms with Crippen molar-refractivity contribution in [1.29, 1.82) is 0 Å². The molecule has 1 atom stereocenters. The van der Waals surface area contributed by atoms with Crippen LogP contribution in [0.25, 0.3) is 0 Å². The van der Waals surface area contributed by atoms with E-state index in [1.165, 1.54) is 24.6 Å². The van der Waals surface area contributed by atoms with Gasteiger partial charge in [0.1, 0.15) is 5.78 Å². The van der Waals surface area contributed by atoms with Crippen molar-refractivity contribution in [2.75, 3.05) is 5.75 Å². The highest BCUT2D eigenvalue weighted by atomic mass is 32.2. The Balaban J connectivity index is 2.42. The summed E-state index contributed by atoms with van der Waals surface area (Å²) in [6.45, 7) is 6.01. The molecule has 1 unspecified atom stereocenters. The molecule has 17 heavy (non-hydrogen) atoms. The molecule has 3 nitrogen and oxygen atoms in total. The smallest absolute Gasteiger partial charge is 0.175 e. The summed E-state index contributed by atoms with van der Waals surface area (Å²) >= 11 is 4.86. The Morgan fingerprint density at radius 2 is 2.06 bits per heavy atom. The number of ketones is 1. The van der Waals surface area contributed by atoms with Gasteiger partial charge in [-0.1, -0.05) is 55.1 Å². The average Bonchev–Trinajstić information content (AvgIpc) is 2.76. The number of unbranched alkanes of at least 4 members (excludes halogenated alkanes) is 1. The molecule has 1 aromatic heterocycles. The van der Waals surface area contributed by atoms with Gasteiger partial charge in [0.2, 0.25) is 0 Å². The zero-order chi connectivity index (χ0) is 12.7. The van der Waals surface area contributed by atoms with E-state index in [1.807, 2.05) is 13.8 Å². The molecule has 96 valence electrons. The van der Waals surface area contributed by atoms with Gasteiger partial charge in [-0.3, -0.25) is 4.79 Å². The molecule has 0 saturated heterocycles. The van der Waals surface area contributed by atoms with Gasteiger partial charge in [-0.05, 0) is 13.3 Å². The lowest BCUT2D eigenvalue weighted by Crippen LogP contribution is -2.10. The van der Waals surface area contributed by atoms with Crippen molar-refractivity contribution in [3.05, 3.63) is 0 Å². The van der Waals surface area contributed by atoms with Crippen LogP contribution in [0, 0.1) is 0 Å². The van der Waals surface area contributed by atoms with Gasteiger partial charge in [0.25, 0.3) is 0 Å². The number of Topliss-reactive ketones (excluding diaryl/α,β-unsaturated/α-hetero) is 1. The molecule has 0 aliphatic carbocycles. The SMILES string of the molecule is CCCCSc1nnc(SC(C)C(=O)CC)s1. The van der Waals surface area contributed by atoms with E-state index < -0.39 is 0 Å². The maximum atomic E-state index is 11.5. The molecule has 1 rings (SSSR count). The number of aromatic nitrogens is 2. The molecule has 0 aliphatic rings. The summed E-state index contributed by atoms with van der Waals surface area (Å²) in [6.07, 6.45) is 3.00. The number of hydrogen-bond donors (Lipinski definition) is 0. The zero-order valence-corrected chi connectivity index (χ0v) is 12.9. The van der Waals surface area contributed by atoms with Gasteiger partial charge in [0.15, 0.2) is 8.68 Å². The van der Waals surface area contributed by atoms with Crippen LogP contribution in [0.3, 0.4) is 0 Å². The van der Waals surface area contributed by atoms with Crippen molar-refractivity contribution in [2.45, 2.75) is 54.0 Å². The molecule has 0 radical (unpaired) electrons. The molecule has 0 amide bonds. The highest BCUT2D eigenvalue weighted by Crippen LogP contribution is 2.31. The lowest BCUT2D eigenvalue weighted by Gasteiger charge is -2.04. The quantitative estimate of drug-likeness (QED) is 0.537. The first-order valence-electron chi connectivity index (χ1n) is 5.83. The lowest BCUT2D eigenvalue weighted by molar-refractivity contribution is -0.117. The second kappa shape index (κ2) is 8.11. The molecule has 1 heterocycles. The van der Waals surface area contributed by atoms with E-state index >= 15 is 0 Å². The monoisotopic (exact) mass is 290 g/mol. The van der Waals surface area contributed by atoms with Crippen molar-refractivity contribution in [3.8, 4) is 0 Å². The highest BCUT2D eigenvalue weighted by Gasteiger charge is 2.15. The van der Waals surface area contributed by atoms with Gasteiger partial charge in [-0.15, -0.1) is 10.2 Å². The standard InChI is InChI=1S/C11H18N2OS3/c1-4-6-7-15-10-12-13-11(17-10)16-8(3)9(14)5-2/h8H,4-7H2,1-3H3. The molecule has 0 aromatic carbocycles. The third-order valence-electron chi connectivity index (χ3n) is 2.19. The predicted molar refractivity (Wildman–Crippen MR) is 76.2 cm³/mol. The van der Waals surface area contributed by atoms with Gasteiger partial charge in [0.05, 0.1) is 5.25 Å². The first-order chi connectivity index (χ1) is 8.17. The van der Waals surface area contributed by atoms with E-state index in [4.69, 9.17) is 0 Å². The number of thioether (sulfide) groups is 2. The number of rotatable bonds is 8. The Hall–Kier alpha value is -0.0700. The number of nitrogens with zero attached hydrogens (tertiary/aromatic N) is 2. The average molecular weight is 290 g/mol. The van der Waals surface area contributed by atoms with Crippen molar-refractivity contribution < 1.29 is 4.79 Å². The molecular weight excluding hydrogens is 272 g/mol. The van der Waals surface area contributed by atoms with Crippen LogP contribution in [0.15, 0.2) is 8.68 Å². The normalized spacial score (nSPS) is 12.6. The summed E-state index contributed by atoms with van der Waals surface area (Å²) in [6, 6.07) is 0. The molecule has 0 fully saturated rings. The minimum Gasteiger partial charge on any atom is -0.298 e. The fourth-order valence-corrected chi connectivity index (χ4v) is 4.56. The predicted octanol–water partition coefficient (Wildman–Crippen LogP) is 3.89. The Labute approximate surface area is 115 Å². The van der Waals surface area contributed by atoms with Crippen LogP contribution in [0.2, 0.25) is 0 Å². The topological polar surface area (TPSA) is 42.9 Å². The van der Waals surface area contributed by atoms with Gasteiger partial charge < -0.3 is 0 Å². The van der Waals surface area contributed by atoms with Crippen LogP contribution in [0.5, 0.6) is 0 Å². The molecule has 0 N–H and O–H groups in total. The molecule has 0 aliphatic heterocycles. The third-order valence-corrected chi connectivity index (χ3v) is 5.57. The van der Waals surface area contributed by atoms with Crippen LogP contribution in [0.1, 0.15) is 40.0 Å². The second-order valence-electron chi connectivity index (χ2n) is 3.62. The Morgan fingerprint density at radius 3 is 2.71 bits per heavy atom. The van der Waals surface area contributed by atoms with Crippen LogP contribution in [-0.4, -0.2) is 27.0 Å². The zero-order valence-electron chi connectivity index (χ0n) is 10.4. The van der Waals surface area contributed by atoms with Crippen molar-refractivity contribution in [3.63, 3.8) is 0 Å². The van der Waals surface area contributed by atoms with Crippen LogP contribution >= 0.6 is 34.9 Å². The van der Waals surface area contributed by atoms with E-state index in [9.17, 15) is 4.79 Å². The Morgan fingerprint density at radius 1 is 1.35 bits per heavy atom. The summed E-state index contributed by atoms with van der Waals surface area (Å²) in [5.41, 5.74) is 0. The minimum absolute atomic E-state index is 0.0126. The highest BCUT2D eigenvalue weighted by molar-refractivity contribution is 8.03. The van der Waals surface area contributed by atoms with Gasteiger partial charge >= 0.3 is 0 Å². The molecule has 6 heteroatoms. The van der Waals surface area contributed by atoms with E-state index in [0.29, 0.717) is 6.42 Å². The second-order valence-corrected chi connectivity index (χ2v) is 7.52.